The number of benzene rings is 3. The average Bonchev–Trinajstić information content (AvgIpc) is 3.24. The normalized spacial score (nSPS) is 20.9. The topological polar surface area (TPSA) is 143 Å². The van der Waals surface area contributed by atoms with E-state index in [0.717, 1.165) is 6.42 Å². The SMILES string of the molecule is COc1cc2c(cc1OC)C1C(=O)c3c(O)cc4c(c3OC1CO2)C=CC(C)(C)O4.Cc1cc(=O)c2c(O)c3c(cc2o1)OCC(C)CC3. The maximum Gasteiger partial charge on any atom is 0.196 e. The molecule has 3 aromatic carbocycles. The molecule has 4 aliphatic rings. The van der Waals surface area contributed by atoms with E-state index >= 15 is 0 Å². The van der Waals surface area contributed by atoms with Gasteiger partial charge in [0.1, 0.15) is 75.1 Å². The first-order valence-electron chi connectivity index (χ1n) is 16.2. The molecule has 4 aliphatic heterocycles. The van der Waals surface area contributed by atoms with Crippen molar-refractivity contribution in [3.05, 3.63) is 74.6 Å². The first-order valence-corrected chi connectivity index (χ1v) is 16.2. The minimum atomic E-state index is -0.630. The minimum absolute atomic E-state index is 0.00958. The van der Waals surface area contributed by atoms with Crippen molar-refractivity contribution in [1.29, 1.82) is 0 Å². The second-order valence-electron chi connectivity index (χ2n) is 13.4. The van der Waals surface area contributed by atoms with Crippen LogP contribution in [-0.4, -0.2) is 55.1 Å². The van der Waals surface area contributed by atoms with Gasteiger partial charge in [-0.3, -0.25) is 9.59 Å². The summed E-state index contributed by atoms with van der Waals surface area (Å²) in [4.78, 5) is 25.6. The van der Waals surface area contributed by atoms with Crippen LogP contribution >= 0.6 is 0 Å². The van der Waals surface area contributed by atoms with Gasteiger partial charge in [0.2, 0.25) is 0 Å². The number of hydrogen-bond donors (Lipinski definition) is 2. The number of phenolic OH excluding ortho intramolecular Hbond substituents is 2. The molecule has 256 valence electrons. The van der Waals surface area contributed by atoms with Gasteiger partial charge in [0.15, 0.2) is 22.7 Å². The molecule has 5 heterocycles. The first kappa shape index (κ1) is 32.2. The summed E-state index contributed by atoms with van der Waals surface area (Å²) in [7, 11) is 3.07. The lowest BCUT2D eigenvalue weighted by Crippen LogP contribution is -2.43. The van der Waals surface area contributed by atoms with Crippen LogP contribution in [0.4, 0.5) is 0 Å². The van der Waals surface area contributed by atoms with Gasteiger partial charge in [-0.05, 0) is 57.7 Å². The molecule has 8 rings (SSSR count). The predicted molar refractivity (Wildman–Crippen MR) is 180 cm³/mol. The highest BCUT2D eigenvalue weighted by atomic mass is 16.5. The zero-order chi connectivity index (χ0) is 34.8. The molecule has 49 heavy (non-hydrogen) atoms. The number of aryl methyl sites for hydroxylation is 1. The summed E-state index contributed by atoms with van der Waals surface area (Å²) in [6.45, 7) is 8.46. The van der Waals surface area contributed by atoms with E-state index in [1.165, 1.54) is 19.2 Å². The fourth-order valence-corrected chi connectivity index (χ4v) is 6.79. The quantitative estimate of drug-likeness (QED) is 0.242. The molecule has 3 unspecified atom stereocenters. The van der Waals surface area contributed by atoms with Crippen molar-refractivity contribution in [2.24, 2.45) is 5.92 Å². The monoisotopic (exact) mass is 670 g/mol. The summed E-state index contributed by atoms with van der Waals surface area (Å²) in [5, 5.41) is 21.3. The van der Waals surface area contributed by atoms with E-state index in [-0.39, 0.29) is 40.3 Å². The number of phenols is 2. The number of hydrogen-bond acceptors (Lipinski definition) is 11. The predicted octanol–water partition coefficient (Wildman–Crippen LogP) is 6.48. The first-order chi connectivity index (χ1) is 23.4. The van der Waals surface area contributed by atoms with Crippen LogP contribution < -0.4 is 33.8 Å². The van der Waals surface area contributed by atoms with Crippen LogP contribution in [0.1, 0.15) is 65.9 Å². The van der Waals surface area contributed by atoms with Crippen molar-refractivity contribution in [2.45, 2.75) is 58.2 Å². The third-order valence-electron chi connectivity index (χ3n) is 9.30. The molecule has 2 N–H and O–H groups in total. The van der Waals surface area contributed by atoms with E-state index in [9.17, 15) is 19.8 Å². The van der Waals surface area contributed by atoms with Crippen molar-refractivity contribution in [3.8, 4) is 46.0 Å². The van der Waals surface area contributed by atoms with Gasteiger partial charge in [0, 0.05) is 35.4 Å². The van der Waals surface area contributed by atoms with Crippen LogP contribution in [0.15, 0.2) is 45.6 Å². The summed E-state index contributed by atoms with van der Waals surface area (Å²) in [5.41, 5.74) is 1.82. The highest BCUT2D eigenvalue weighted by Crippen LogP contribution is 2.52. The van der Waals surface area contributed by atoms with Crippen LogP contribution in [0.3, 0.4) is 0 Å². The van der Waals surface area contributed by atoms with Crippen LogP contribution in [0.5, 0.6) is 46.0 Å². The van der Waals surface area contributed by atoms with Gasteiger partial charge >= 0.3 is 0 Å². The van der Waals surface area contributed by atoms with E-state index in [2.05, 4.69) is 6.92 Å². The van der Waals surface area contributed by atoms with Gasteiger partial charge in [0.25, 0.3) is 0 Å². The lowest BCUT2D eigenvalue weighted by atomic mass is 9.80. The van der Waals surface area contributed by atoms with E-state index in [1.807, 2.05) is 26.0 Å². The number of Topliss-reactive ketones (excluding diaryl/α,β-unsaturated/α-hetero) is 1. The van der Waals surface area contributed by atoms with Crippen molar-refractivity contribution in [2.75, 3.05) is 27.4 Å². The van der Waals surface area contributed by atoms with Gasteiger partial charge in [-0.15, -0.1) is 0 Å². The number of rotatable bonds is 2. The fourth-order valence-electron chi connectivity index (χ4n) is 6.79. The van der Waals surface area contributed by atoms with Gasteiger partial charge in [-0.1, -0.05) is 6.92 Å². The fraction of sp³-hybridized carbons (Fsp3) is 0.368. The Balaban J connectivity index is 0.000000171. The highest BCUT2D eigenvalue weighted by molar-refractivity contribution is 6.08. The second-order valence-corrected chi connectivity index (χ2v) is 13.4. The molecule has 1 aromatic heterocycles. The average molecular weight is 671 g/mol. The maximum atomic E-state index is 13.6. The number of methoxy groups -OCH3 is 2. The Bertz CT molecular complexity index is 2090. The Morgan fingerprint density at radius 1 is 0.918 bits per heavy atom. The van der Waals surface area contributed by atoms with Crippen LogP contribution in [0, 0.1) is 12.8 Å². The maximum absolute atomic E-state index is 13.6. The molecule has 11 heteroatoms. The summed E-state index contributed by atoms with van der Waals surface area (Å²) in [6, 6.07) is 8.04. The van der Waals surface area contributed by atoms with Crippen LogP contribution in [0.2, 0.25) is 0 Å². The zero-order valence-corrected chi connectivity index (χ0v) is 28.2. The molecule has 0 bridgehead atoms. The Kier molecular flexibility index (Phi) is 7.88. The van der Waals surface area contributed by atoms with Gasteiger partial charge in [-0.25, -0.2) is 0 Å². The van der Waals surface area contributed by atoms with E-state index in [0.29, 0.717) is 81.5 Å². The molecule has 0 aliphatic carbocycles. The van der Waals surface area contributed by atoms with Gasteiger partial charge in [-0.2, -0.15) is 0 Å². The molecule has 0 radical (unpaired) electrons. The Morgan fingerprint density at radius 2 is 1.65 bits per heavy atom. The van der Waals surface area contributed by atoms with Crippen molar-refractivity contribution in [1.82, 2.24) is 0 Å². The highest BCUT2D eigenvalue weighted by Gasteiger charge is 2.46. The molecule has 4 aromatic rings. The largest absolute Gasteiger partial charge is 0.507 e. The summed E-state index contributed by atoms with van der Waals surface area (Å²) in [5.74, 6) is 2.94. The lowest BCUT2D eigenvalue weighted by molar-refractivity contribution is 0.0547. The molecule has 0 fully saturated rings. The molecular formula is C38H38O11. The van der Waals surface area contributed by atoms with Crippen LogP contribution in [0.25, 0.3) is 17.0 Å². The molecule has 0 amide bonds. The minimum Gasteiger partial charge on any atom is -0.507 e. The number of ketones is 1. The third kappa shape index (κ3) is 5.56. The van der Waals surface area contributed by atoms with E-state index < -0.39 is 17.6 Å². The molecule has 0 saturated carbocycles. The summed E-state index contributed by atoms with van der Waals surface area (Å²) < 4.78 is 40.0. The van der Waals surface area contributed by atoms with Crippen molar-refractivity contribution >= 4 is 22.8 Å². The lowest BCUT2D eigenvalue weighted by Gasteiger charge is -2.39. The molecule has 0 spiro atoms. The number of fused-ring (bicyclic) bond motifs is 8. The van der Waals surface area contributed by atoms with Crippen LogP contribution in [-0.2, 0) is 6.42 Å². The second kappa shape index (κ2) is 12.0. The summed E-state index contributed by atoms with van der Waals surface area (Å²) >= 11 is 0. The van der Waals surface area contributed by atoms with E-state index in [4.69, 9.17) is 32.8 Å². The number of aromatic hydroxyl groups is 2. The Labute approximate surface area is 282 Å². The van der Waals surface area contributed by atoms with E-state index in [1.54, 1.807) is 32.2 Å². The summed E-state index contributed by atoms with van der Waals surface area (Å²) in [6.07, 6.45) is 4.88. The van der Waals surface area contributed by atoms with Gasteiger partial charge in [0.05, 0.1) is 32.3 Å². The number of carbonyl (C=O) groups is 1. The molecule has 0 saturated heterocycles. The molecule has 11 nitrogen and oxygen atoms in total. The Hall–Kier alpha value is -5.32. The zero-order valence-electron chi connectivity index (χ0n) is 28.2. The smallest absolute Gasteiger partial charge is 0.196 e. The number of ether oxygens (including phenoxy) is 6. The third-order valence-corrected chi connectivity index (χ3v) is 9.30. The molecule has 3 atom stereocenters. The van der Waals surface area contributed by atoms with Crippen molar-refractivity contribution in [3.63, 3.8) is 0 Å². The van der Waals surface area contributed by atoms with Crippen molar-refractivity contribution < 1.29 is 47.8 Å². The standard InChI is InChI=1S/C23H22O7.C15H16O4/c1-23(2)6-5-11-15(30-23)8-13(24)20-21(25)19-12-7-16(26-3)17(27-4)9-14(12)28-10-18(19)29-22(11)20;1-8-3-4-10-12(18-7-8)6-13-14(15(10)17)11(16)5-9(2)19-13/h5-9,18-19,24H,10H2,1-4H3;5-6,8,17H,3-4,7H2,1-2H3. The van der Waals surface area contributed by atoms with Gasteiger partial charge < -0.3 is 43.1 Å². The number of carbonyl (C=O) groups excluding carboxylic acids is 1. The Morgan fingerprint density at radius 3 is 2.41 bits per heavy atom. The molecular weight excluding hydrogens is 632 g/mol.